The van der Waals surface area contributed by atoms with Gasteiger partial charge in [0.25, 0.3) is 0 Å². The molecular weight excluding hydrogens is 1640 g/mol. The number of hydrogen-bond donors (Lipinski definition) is 2. The van der Waals surface area contributed by atoms with Crippen molar-refractivity contribution in [2.24, 2.45) is 0 Å². The average Bonchev–Trinajstić information content (AvgIpc) is 1.56. The number of aromatic nitrogens is 3. The van der Waals surface area contributed by atoms with Crippen molar-refractivity contribution in [3.05, 3.63) is 174 Å². The lowest BCUT2D eigenvalue weighted by atomic mass is 9.91. The zero-order chi connectivity index (χ0) is 89.3. The van der Waals surface area contributed by atoms with Crippen molar-refractivity contribution < 1.29 is 99.3 Å². The predicted octanol–water partition coefficient (Wildman–Crippen LogP) is 19.8. The molecule has 18 rings (SSSR count). The number of ether oxygens (including phenoxy) is 16. The number of hydrogen-bond acceptors (Lipinski definition) is 24. The van der Waals surface area contributed by atoms with Crippen LogP contribution in [-0.4, -0.2) is 134 Å². The number of fused-ring (bicyclic) bond motifs is 21. The minimum atomic E-state index is -0.511. The Kier molecular flexibility index (Phi) is 23.4. The van der Waals surface area contributed by atoms with Crippen LogP contribution in [-0.2, 0) is 38.9 Å². The van der Waals surface area contributed by atoms with Crippen LogP contribution < -0.4 is 92.7 Å². The summed E-state index contributed by atoms with van der Waals surface area (Å²) in [6.45, 7) is 15.5. The SMILES string of the molecule is CCOc1cc(-c2c3n(c4c(=O)oc5cc(OC(C)C)c(OC)cc5c24)CCc2cc(OC)c(OC)cc2-3)ccc1OC.COc1cc(Cl)c(-c2c3n(c4c(=O)oc5cc(OC(C)C)c(OC)cc5c24)CCc2cc(OC)c(OC)cc2-3)cc1O.COc1ccc(-c2c3n(c4c(=O)oc5cc(OC(C)C)c(OC)cc5c24)CCc2cc(OC)c(OC)cc2-3)cc1O. The molecule has 0 atom stereocenters. The third kappa shape index (κ3) is 14.7. The molecule has 0 unspecified atom stereocenters. The Morgan fingerprint density at radius 1 is 0.333 bits per heavy atom. The van der Waals surface area contributed by atoms with Crippen LogP contribution in [0.15, 0.2) is 149 Å². The van der Waals surface area contributed by atoms with Crippen LogP contribution in [0.1, 0.15) is 65.2 Å². The normalized spacial score (nSPS) is 12.3. The molecule has 3 aliphatic rings. The molecule has 15 aromatic rings. The van der Waals surface area contributed by atoms with Crippen LogP contribution in [0.4, 0.5) is 0 Å². The number of phenols is 2. The van der Waals surface area contributed by atoms with Crippen LogP contribution in [0.25, 0.3) is 133 Å². The van der Waals surface area contributed by atoms with E-state index in [4.69, 9.17) is 101 Å². The molecule has 0 saturated carbocycles. The maximum atomic E-state index is 13.9. The van der Waals surface area contributed by atoms with Crippen LogP contribution >= 0.6 is 11.6 Å². The van der Waals surface area contributed by atoms with Crippen molar-refractivity contribution >= 4 is 77.2 Å². The fourth-order valence-electron chi connectivity index (χ4n) is 17.6. The highest BCUT2D eigenvalue weighted by atomic mass is 35.5. The van der Waals surface area contributed by atoms with E-state index < -0.39 is 16.9 Å². The molecule has 9 aromatic carbocycles. The van der Waals surface area contributed by atoms with Gasteiger partial charge in [0.05, 0.1) is 132 Å². The highest BCUT2D eigenvalue weighted by molar-refractivity contribution is 6.35. The zero-order valence-corrected chi connectivity index (χ0v) is 74.1. The van der Waals surface area contributed by atoms with Gasteiger partial charge >= 0.3 is 16.9 Å². The molecule has 3 aliphatic heterocycles. The van der Waals surface area contributed by atoms with Crippen LogP contribution in [0.5, 0.6) is 103 Å². The van der Waals surface area contributed by atoms with E-state index in [0.717, 1.165) is 77.9 Å². The number of aryl methyl sites for hydroxylation is 6. The molecule has 654 valence electrons. The third-order valence-electron chi connectivity index (χ3n) is 22.8. The predicted molar refractivity (Wildman–Crippen MR) is 483 cm³/mol. The summed E-state index contributed by atoms with van der Waals surface area (Å²) in [5.74, 6) is 8.29. The molecule has 0 fully saturated rings. The average molecular weight is 1740 g/mol. The Labute approximate surface area is 728 Å². The van der Waals surface area contributed by atoms with Crippen LogP contribution in [0.3, 0.4) is 0 Å². The number of nitrogens with zero attached hydrogens (tertiary/aromatic N) is 3. The zero-order valence-electron chi connectivity index (χ0n) is 73.3. The molecule has 0 saturated heterocycles. The third-order valence-corrected chi connectivity index (χ3v) is 23.1. The van der Waals surface area contributed by atoms with Gasteiger partial charge in [0.1, 0.15) is 33.3 Å². The largest absolute Gasteiger partial charge is 0.504 e. The van der Waals surface area contributed by atoms with Crippen LogP contribution in [0.2, 0.25) is 5.02 Å². The van der Waals surface area contributed by atoms with E-state index in [1.807, 2.05) is 130 Å². The van der Waals surface area contributed by atoms with E-state index in [-0.39, 0.29) is 35.6 Å². The molecule has 9 heterocycles. The minimum Gasteiger partial charge on any atom is -0.504 e. The van der Waals surface area contributed by atoms with Gasteiger partial charge in [-0.15, -0.1) is 0 Å². The molecule has 28 heteroatoms. The molecule has 0 spiro atoms. The number of methoxy groups -OCH3 is 12. The summed E-state index contributed by atoms with van der Waals surface area (Å²) in [5, 5.41) is 26.1. The molecule has 0 amide bonds. The number of benzene rings is 9. The van der Waals surface area contributed by atoms with Gasteiger partial charge in [-0.3, -0.25) is 0 Å². The minimum absolute atomic E-state index is 0.0149. The standard InChI is InChI=1S/C34H35NO8.C32H30ClNO8.C32H31NO8/c1-8-41-28-14-20(9-10-23(28)37-4)30-31-22-16-27(40-7)29(42-18(2)3)17-24(22)43-34(36)33(31)35-12-11-19-13-25(38-5)26(39-6)15-21(19)32(30)35;1-15(2)41-27-14-22-19(12-26(27)40-6)29-28(18-10-21(35)23(37-3)13-20(18)33)30-17-11-25(39-5)24(38-4)9-16(17)7-8-34(30)31(29)32(36)42-22;1-16(2)40-27-15-23-20(14-26(27)39-6)29-28(18-7-8-22(36-3)21(34)11-18)30-19-13-25(38-5)24(37-4)12-17(19)9-10-33(30)31(29)32(35)41-23/h9-10,13-18H,8,11-12H2,1-7H3;9-15,35H,7-8H2,1-6H3;7-8,11-16,34H,9-10H2,1-6H3. The maximum absolute atomic E-state index is 13.9. The van der Waals surface area contributed by atoms with Gasteiger partial charge in [-0.2, -0.15) is 0 Å². The first-order valence-electron chi connectivity index (χ1n) is 41.0. The molecule has 0 aliphatic carbocycles. The van der Waals surface area contributed by atoms with Crippen molar-refractivity contribution in [2.75, 3.05) is 91.9 Å². The van der Waals surface area contributed by atoms with Gasteiger partial charge in [-0.05, 0) is 180 Å². The highest BCUT2D eigenvalue weighted by Crippen LogP contribution is 2.56. The van der Waals surface area contributed by atoms with Gasteiger partial charge in [0.2, 0.25) is 0 Å². The van der Waals surface area contributed by atoms with E-state index in [2.05, 4.69) is 4.57 Å². The molecule has 27 nitrogen and oxygen atoms in total. The summed E-state index contributed by atoms with van der Waals surface area (Å²) >= 11 is 6.89. The van der Waals surface area contributed by atoms with Crippen molar-refractivity contribution in [3.8, 4) is 171 Å². The van der Waals surface area contributed by atoms with Crippen LogP contribution in [0, 0.1) is 0 Å². The summed E-state index contributed by atoms with van der Waals surface area (Å²) < 4.78 is 115. The van der Waals surface area contributed by atoms with Gasteiger partial charge in [0, 0.05) is 115 Å². The van der Waals surface area contributed by atoms with Crippen molar-refractivity contribution in [1.29, 1.82) is 0 Å². The quantitative estimate of drug-likeness (QED) is 0.0562. The topological polar surface area (TPSA) is 294 Å². The molecule has 6 aromatic heterocycles. The molecule has 2 N–H and O–H groups in total. The summed E-state index contributed by atoms with van der Waals surface area (Å²) in [4.78, 5) is 41.4. The first-order chi connectivity index (χ1) is 60.8. The van der Waals surface area contributed by atoms with E-state index in [0.29, 0.717) is 208 Å². The number of rotatable bonds is 23. The van der Waals surface area contributed by atoms with Crippen molar-refractivity contribution in [2.45, 2.75) is 106 Å². The van der Waals surface area contributed by atoms with Gasteiger partial charge < -0.3 is 113 Å². The second kappa shape index (κ2) is 34.6. The Morgan fingerprint density at radius 2 is 0.643 bits per heavy atom. The summed E-state index contributed by atoms with van der Waals surface area (Å²) in [7, 11) is 18.9. The molecule has 126 heavy (non-hydrogen) atoms. The van der Waals surface area contributed by atoms with Gasteiger partial charge in [-0.25, -0.2) is 14.4 Å². The van der Waals surface area contributed by atoms with E-state index in [9.17, 15) is 24.6 Å². The Balaban J connectivity index is 0.000000139. The van der Waals surface area contributed by atoms with E-state index >= 15 is 0 Å². The summed E-state index contributed by atoms with van der Waals surface area (Å²) in [6, 6.07) is 36.6. The van der Waals surface area contributed by atoms with E-state index in [1.54, 1.807) is 120 Å². The van der Waals surface area contributed by atoms with Crippen molar-refractivity contribution in [1.82, 2.24) is 13.7 Å². The summed E-state index contributed by atoms with van der Waals surface area (Å²) in [5.41, 5.74) is 13.6. The van der Waals surface area contributed by atoms with Gasteiger partial charge in [0.15, 0.2) is 103 Å². The molecule has 0 radical (unpaired) electrons. The number of phenolic OH excluding ortho intramolecular Hbond substituents is 2. The molecule has 0 bridgehead atoms. The Hall–Kier alpha value is -14.1. The summed E-state index contributed by atoms with van der Waals surface area (Å²) in [6.07, 6.45) is 1.66. The lowest BCUT2D eigenvalue weighted by Crippen LogP contribution is -2.15. The lowest BCUT2D eigenvalue weighted by Gasteiger charge is -2.23. The molecular formula is C98H96ClN3O24. The monoisotopic (exact) mass is 1730 g/mol. The van der Waals surface area contributed by atoms with Crippen molar-refractivity contribution in [3.63, 3.8) is 0 Å². The second-order valence-electron chi connectivity index (χ2n) is 31.0. The first-order valence-corrected chi connectivity index (χ1v) is 41.3. The Bertz CT molecular complexity index is 7060. The second-order valence-corrected chi connectivity index (χ2v) is 31.4. The maximum Gasteiger partial charge on any atom is 0.361 e. The Morgan fingerprint density at radius 3 is 0.976 bits per heavy atom. The van der Waals surface area contributed by atoms with E-state index in [1.165, 1.54) is 14.2 Å². The lowest BCUT2D eigenvalue weighted by molar-refractivity contribution is 0.230. The smallest absolute Gasteiger partial charge is 0.361 e. The fraction of sp³-hybridized carbons (Fsp3) is 0.296. The van der Waals surface area contributed by atoms with Gasteiger partial charge in [-0.1, -0.05) is 23.7 Å². The number of halogens is 1. The fourth-order valence-corrected chi connectivity index (χ4v) is 17.9. The number of aromatic hydroxyl groups is 2. The highest BCUT2D eigenvalue weighted by Gasteiger charge is 2.37. The first kappa shape index (κ1) is 85.5.